The van der Waals surface area contributed by atoms with E-state index in [9.17, 15) is 13.6 Å². The van der Waals surface area contributed by atoms with Crippen LogP contribution >= 0.6 is 0 Å². The van der Waals surface area contributed by atoms with Crippen LogP contribution in [0.4, 0.5) is 8.78 Å². The van der Waals surface area contributed by atoms with Gasteiger partial charge in [0, 0.05) is 25.7 Å². The number of hydrogen-bond acceptors (Lipinski definition) is 3. The van der Waals surface area contributed by atoms with Crippen molar-refractivity contribution < 1.29 is 13.6 Å². The van der Waals surface area contributed by atoms with E-state index in [0.29, 0.717) is 19.1 Å². The Morgan fingerprint density at radius 3 is 3.00 bits per heavy atom. The molecule has 2 aliphatic heterocycles. The van der Waals surface area contributed by atoms with E-state index in [4.69, 9.17) is 0 Å². The summed E-state index contributed by atoms with van der Waals surface area (Å²) in [5, 5.41) is 5.90. The zero-order valence-corrected chi connectivity index (χ0v) is 10.5. The second-order valence-electron chi connectivity index (χ2n) is 5.09. The summed E-state index contributed by atoms with van der Waals surface area (Å²) in [6.07, 6.45) is -0.349. The maximum atomic E-state index is 12.5. The molecule has 104 valence electrons. The Morgan fingerprint density at radius 1 is 1.42 bits per heavy atom. The summed E-state index contributed by atoms with van der Waals surface area (Å²) in [7, 11) is 0. The van der Waals surface area contributed by atoms with Crippen molar-refractivity contribution in [2.24, 2.45) is 0 Å². The average Bonchev–Trinajstić information content (AvgIpc) is 3.06. The van der Waals surface area contributed by atoms with Gasteiger partial charge >= 0.3 is 0 Å². The van der Waals surface area contributed by atoms with Crippen LogP contribution in [0.3, 0.4) is 0 Å². The van der Waals surface area contributed by atoms with Crippen molar-refractivity contribution in [1.82, 2.24) is 20.0 Å². The summed E-state index contributed by atoms with van der Waals surface area (Å²) >= 11 is 0. The number of fused-ring (bicyclic) bond motifs is 1. The molecule has 1 unspecified atom stereocenters. The second kappa shape index (κ2) is 4.88. The summed E-state index contributed by atoms with van der Waals surface area (Å²) in [5.74, 6) is -0.255. The van der Waals surface area contributed by atoms with Gasteiger partial charge in [0.05, 0.1) is 0 Å². The second-order valence-corrected chi connectivity index (χ2v) is 5.09. The first-order chi connectivity index (χ1) is 9.15. The van der Waals surface area contributed by atoms with Crippen molar-refractivity contribution in [1.29, 1.82) is 0 Å². The van der Waals surface area contributed by atoms with Crippen LogP contribution < -0.4 is 0 Å². The first kappa shape index (κ1) is 12.5. The summed E-state index contributed by atoms with van der Waals surface area (Å²) in [6, 6.07) is 1.57. The minimum absolute atomic E-state index is 0.0850. The van der Waals surface area contributed by atoms with Crippen molar-refractivity contribution in [3.8, 4) is 0 Å². The number of hydrogen-bond donors (Lipinski definition) is 1. The van der Waals surface area contributed by atoms with Gasteiger partial charge in [0.2, 0.25) is 0 Å². The largest absolute Gasteiger partial charge is 0.334 e. The molecule has 0 saturated carbocycles. The molecule has 3 rings (SSSR count). The highest BCUT2D eigenvalue weighted by Gasteiger charge is 2.33. The first-order valence-electron chi connectivity index (χ1n) is 6.52. The number of rotatable bonds is 2. The van der Waals surface area contributed by atoms with Crippen LogP contribution in [-0.2, 0) is 0 Å². The third-order valence-electron chi connectivity index (χ3n) is 3.93. The summed E-state index contributed by atoms with van der Waals surface area (Å²) in [5.41, 5.74) is -0.218. The molecule has 19 heavy (non-hydrogen) atoms. The van der Waals surface area contributed by atoms with E-state index < -0.39 is 6.43 Å². The van der Waals surface area contributed by atoms with E-state index in [-0.39, 0.29) is 17.3 Å². The predicted molar refractivity (Wildman–Crippen MR) is 64.0 cm³/mol. The van der Waals surface area contributed by atoms with Gasteiger partial charge in [-0.1, -0.05) is 0 Å². The third-order valence-corrected chi connectivity index (χ3v) is 3.93. The van der Waals surface area contributed by atoms with Gasteiger partial charge in [-0.15, -0.1) is 0 Å². The molecule has 1 atom stereocenters. The Bertz CT molecular complexity index is 476. The van der Waals surface area contributed by atoms with Gasteiger partial charge in [0.25, 0.3) is 12.3 Å². The van der Waals surface area contributed by atoms with Gasteiger partial charge in [-0.05, 0) is 25.5 Å². The van der Waals surface area contributed by atoms with Crippen LogP contribution in [-0.4, -0.2) is 58.1 Å². The number of aromatic nitrogens is 2. The van der Waals surface area contributed by atoms with Crippen LogP contribution in [0, 0.1) is 0 Å². The van der Waals surface area contributed by atoms with Gasteiger partial charge in [-0.25, -0.2) is 8.78 Å². The molecule has 2 saturated heterocycles. The maximum absolute atomic E-state index is 12.5. The lowest BCUT2D eigenvalue weighted by Crippen LogP contribution is -2.52. The van der Waals surface area contributed by atoms with Crippen molar-refractivity contribution in [3.05, 3.63) is 17.5 Å². The van der Waals surface area contributed by atoms with Crippen LogP contribution in [0.2, 0.25) is 0 Å². The number of halogens is 2. The first-order valence-corrected chi connectivity index (χ1v) is 6.52. The summed E-state index contributed by atoms with van der Waals surface area (Å²) in [6.45, 7) is 3.29. The monoisotopic (exact) mass is 270 g/mol. The molecule has 1 N–H and O–H groups in total. The highest BCUT2D eigenvalue weighted by atomic mass is 19.3. The highest BCUT2D eigenvalue weighted by Crippen LogP contribution is 2.23. The molecule has 1 amide bonds. The lowest BCUT2D eigenvalue weighted by atomic mass is 10.1. The molecule has 0 aliphatic carbocycles. The molecule has 0 aromatic carbocycles. The molecule has 0 bridgehead atoms. The lowest BCUT2D eigenvalue weighted by Gasteiger charge is -2.37. The standard InChI is InChI=1S/C12H16F2N4O/c13-11(14)9-6-10(16-15-9)12(19)18-5-4-17-3-1-2-8(17)7-18/h6,8,11H,1-5,7H2,(H,15,16). The van der Waals surface area contributed by atoms with Crippen LogP contribution in [0.25, 0.3) is 0 Å². The van der Waals surface area contributed by atoms with Crippen LogP contribution in [0.1, 0.15) is 35.4 Å². The third kappa shape index (κ3) is 2.34. The number of H-pyrrole nitrogens is 1. The summed E-state index contributed by atoms with van der Waals surface area (Å²) < 4.78 is 24.9. The fourth-order valence-corrected chi connectivity index (χ4v) is 2.90. The van der Waals surface area contributed by atoms with E-state index >= 15 is 0 Å². The topological polar surface area (TPSA) is 52.2 Å². The number of piperazine rings is 1. The number of amides is 1. The number of carbonyl (C=O) groups is 1. The lowest BCUT2D eigenvalue weighted by molar-refractivity contribution is 0.0565. The van der Waals surface area contributed by atoms with Crippen LogP contribution in [0.5, 0.6) is 0 Å². The number of nitrogens with one attached hydrogen (secondary N) is 1. The fourth-order valence-electron chi connectivity index (χ4n) is 2.90. The molecule has 0 radical (unpaired) electrons. The van der Waals surface area contributed by atoms with E-state index in [0.717, 1.165) is 25.6 Å². The van der Waals surface area contributed by atoms with Gasteiger partial charge in [-0.3, -0.25) is 14.8 Å². The molecule has 5 nitrogen and oxygen atoms in total. The average molecular weight is 270 g/mol. The Hall–Kier alpha value is -1.50. The normalized spacial score (nSPS) is 23.9. The molecule has 1 aromatic rings. The number of nitrogens with zero attached hydrogens (tertiary/aromatic N) is 3. The molecule has 1 aromatic heterocycles. The van der Waals surface area contributed by atoms with Crippen molar-refractivity contribution in [3.63, 3.8) is 0 Å². The molecular formula is C12H16F2N4O. The Morgan fingerprint density at radius 2 is 2.26 bits per heavy atom. The van der Waals surface area contributed by atoms with Gasteiger partial charge in [-0.2, -0.15) is 5.10 Å². The zero-order valence-electron chi connectivity index (χ0n) is 10.5. The summed E-state index contributed by atoms with van der Waals surface area (Å²) in [4.78, 5) is 16.3. The van der Waals surface area contributed by atoms with Crippen LogP contribution in [0.15, 0.2) is 6.07 Å². The van der Waals surface area contributed by atoms with Crippen molar-refractivity contribution >= 4 is 5.91 Å². The predicted octanol–water partition coefficient (Wildman–Crippen LogP) is 1.27. The number of carbonyl (C=O) groups excluding carboxylic acids is 1. The number of aromatic amines is 1. The Kier molecular flexibility index (Phi) is 3.22. The smallest absolute Gasteiger partial charge is 0.279 e. The van der Waals surface area contributed by atoms with E-state index in [1.165, 1.54) is 6.42 Å². The van der Waals surface area contributed by atoms with Crippen molar-refractivity contribution in [2.45, 2.75) is 25.3 Å². The highest BCUT2D eigenvalue weighted by molar-refractivity contribution is 5.92. The molecule has 3 heterocycles. The van der Waals surface area contributed by atoms with Gasteiger partial charge < -0.3 is 4.90 Å². The minimum atomic E-state index is -2.62. The maximum Gasteiger partial charge on any atom is 0.279 e. The van der Waals surface area contributed by atoms with E-state index in [1.54, 1.807) is 4.90 Å². The number of alkyl halides is 2. The Balaban J connectivity index is 1.69. The fraction of sp³-hybridized carbons (Fsp3) is 0.667. The SMILES string of the molecule is O=C(c1cc(C(F)F)[nH]n1)N1CCN2CCCC2C1. The zero-order chi connectivity index (χ0) is 13.4. The molecule has 2 aliphatic rings. The molecule has 7 heteroatoms. The molecular weight excluding hydrogens is 254 g/mol. The van der Waals surface area contributed by atoms with Gasteiger partial charge in [0.15, 0.2) is 5.69 Å². The van der Waals surface area contributed by atoms with Gasteiger partial charge in [0.1, 0.15) is 5.69 Å². The quantitative estimate of drug-likeness (QED) is 0.880. The Labute approximate surface area is 109 Å². The van der Waals surface area contributed by atoms with E-state index in [1.807, 2.05) is 0 Å². The molecule has 0 spiro atoms. The molecule has 2 fully saturated rings. The van der Waals surface area contributed by atoms with E-state index in [2.05, 4.69) is 15.1 Å². The van der Waals surface area contributed by atoms with Crippen molar-refractivity contribution in [2.75, 3.05) is 26.2 Å². The minimum Gasteiger partial charge on any atom is -0.334 e.